The molecule has 1 amide bonds. The quantitative estimate of drug-likeness (QED) is 0.835. The van der Waals surface area contributed by atoms with E-state index in [0.717, 1.165) is 12.8 Å². The van der Waals surface area contributed by atoms with Crippen LogP contribution in [0.25, 0.3) is 0 Å². The van der Waals surface area contributed by atoms with Crippen LogP contribution in [-0.4, -0.2) is 26.9 Å². The summed E-state index contributed by atoms with van der Waals surface area (Å²) in [4.78, 5) is 12.1. The van der Waals surface area contributed by atoms with Crippen molar-refractivity contribution in [1.82, 2.24) is 10.0 Å². The molecule has 1 saturated carbocycles. The second-order valence-electron chi connectivity index (χ2n) is 5.53. The van der Waals surface area contributed by atoms with Gasteiger partial charge in [-0.1, -0.05) is 19.9 Å². The number of sulfonamides is 1. The third-order valence-electron chi connectivity index (χ3n) is 2.98. The maximum absolute atomic E-state index is 12.1. The molecular formula is C14H20N2O3S. The number of benzene rings is 1. The van der Waals surface area contributed by atoms with Gasteiger partial charge in [-0.3, -0.25) is 4.79 Å². The standard InChI is InChI=1S/C14H20N2O3S/c1-10(2)9-15-14(17)11-4-3-5-13(8-11)20(18,19)16-12-6-7-12/h3-5,8,10,12,16H,6-7,9H2,1-2H3,(H,15,17). The highest BCUT2D eigenvalue weighted by atomic mass is 32.2. The van der Waals surface area contributed by atoms with Gasteiger partial charge in [-0.2, -0.15) is 0 Å². The molecule has 0 radical (unpaired) electrons. The van der Waals surface area contributed by atoms with Crippen molar-refractivity contribution in [2.24, 2.45) is 5.92 Å². The SMILES string of the molecule is CC(C)CNC(=O)c1cccc(S(=O)(=O)NC2CC2)c1. The summed E-state index contributed by atoms with van der Waals surface area (Å²) in [6.07, 6.45) is 1.77. The van der Waals surface area contributed by atoms with E-state index >= 15 is 0 Å². The summed E-state index contributed by atoms with van der Waals surface area (Å²) in [6.45, 7) is 4.57. The van der Waals surface area contributed by atoms with E-state index in [4.69, 9.17) is 0 Å². The minimum Gasteiger partial charge on any atom is -0.352 e. The maximum atomic E-state index is 12.1. The topological polar surface area (TPSA) is 75.3 Å². The monoisotopic (exact) mass is 296 g/mol. The summed E-state index contributed by atoms with van der Waals surface area (Å²) < 4.78 is 26.8. The second-order valence-corrected chi connectivity index (χ2v) is 7.24. The zero-order valence-corrected chi connectivity index (χ0v) is 12.5. The van der Waals surface area contributed by atoms with Gasteiger partial charge in [0.1, 0.15) is 0 Å². The number of nitrogens with one attached hydrogen (secondary N) is 2. The molecule has 0 aromatic heterocycles. The summed E-state index contributed by atoms with van der Waals surface area (Å²) in [6, 6.07) is 6.18. The van der Waals surface area contributed by atoms with Gasteiger partial charge in [0.15, 0.2) is 0 Å². The molecule has 0 spiro atoms. The molecule has 0 bridgehead atoms. The first-order valence-electron chi connectivity index (χ1n) is 6.79. The zero-order valence-electron chi connectivity index (χ0n) is 11.7. The van der Waals surface area contributed by atoms with Crippen molar-refractivity contribution in [1.29, 1.82) is 0 Å². The number of hydrogen-bond acceptors (Lipinski definition) is 3. The lowest BCUT2D eigenvalue weighted by Crippen LogP contribution is -2.28. The van der Waals surface area contributed by atoms with Crippen molar-refractivity contribution in [3.8, 4) is 0 Å². The van der Waals surface area contributed by atoms with Crippen molar-refractivity contribution in [2.45, 2.75) is 37.6 Å². The lowest BCUT2D eigenvalue weighted by atomic mass is 10.2. The second kappa shape index (κ2) is 5.93. The fourth-order valence-electron chi connectivity index (χ4n) is 1.69. The molecule has 0 heterocycles. The lowest BCUT2D eigenvalue weighted by Gasteiger charge is -2.09. The highest BCUT2D eigenvalue weighted by Crippen LogP contribution is 2.22. The largest absolute Gasteiger partial charge is 0.352 e. The molecule has 2 N–H and O–H groups in total. The van der Waals surface area contributed by atoms with Crippen LogP contribution in [0.2, 0.25) is 0 Å². The fourth-order valence-corrected chi connectivity index (χ4v) is 3.04. The minimum absolute atomic E-state index is 0.0541. The summed E-state index contributed by atoms with van der Waals surface area (Å²) >= 11 is 0. The van der Waals surface area contributed by atoms with Crippen LogP contribution in [0.4, 0.5) is 0 Å². The van der Waals surface area contributed by atoms with Crippen LogP contribution in [-0.2, 0) is 10.0 Å². The van der Waals surface area contributed by atoms with E-state index in [1.165, 1.54) is 12.1 Å². The van der Waals surface area contributed by atoms with Crippen LogP contribution in [0.15, 0.2) is 29.2 Å². The Bertz CT molecular complexity index is 592. The number of carbonyl (C=O) groups is 1. The van der Waals surface area contributed by atoms with Crippen molar-refractivity contribution < 1.29 is 13.2 Å². The summed E-state index contributed by atoms with van der Waals surface area (Å²) in [5, 5.41) is 2.78. The molecule has 1 aliphatic carbocycles. The van der Waals surface area contributed by atoms with Crippen LogP contribution in [0.5, 0.6) is 0 Å². The normalized spacial score (nSPS) is 15.3. The van der Waals surface area contributed by atoms with Crippen LogP contribution in [0, 0.1) is 5.92 Å². The van der Waals surface area contributed by atoms with Gasteiger partial charge in [0, 0.05) is 18.2 Å². The summed E-state index contributed by atoms with van der Waals surface area (Å²) in [5.41, 5.74) is 0.365. The molecule has 5 nitrogen and oxygen atoms in total. The number of carbonyl (C=O) groups excluding carboxylic acids is 1. The molecule has 1 aliphatic rings. The third-order valence-corrected chi connectivity index (χ3v) is 4.49. The Balaban J connectivity index is 2.12. The highest BCUT2D eigenvalue weighted by Gasteiger charge is 2.28. The fraction of sp³-hybridized carbons (Fsp3) is 0.500. The zero-order chi connectivity index (χ0) is 14.8. The first-order valence-corrected chi connectivity index (χ1v) is 8.27. The van der Waals surface area contributed by atoms with E-state index in [9.17, 15) is 13.2 Å². The van der Waals surface area contributed by atoms with Crippen molar-refractivity contribution in [3.63, 3.8) is 0 Å². The molecule has 0 atom stereocenters. The third kappa shape index (κ3) is 4.05. The van der Waals surface area contributed by atoms with E-state index in [1.54, 1.807) is 12.1 Å². The molecule has 0 unspecified atom stereocenters. The Kier molecular flexibility index (Phi) is 4.45. The molecule has 1 fully saturated rings. The van der Waals surface area contributed by atoms with E-state index in [0.29, 0.717) is 18.0 Å². The van der Waals surface area contributed by atoms with Gasteiger partial charge in [-0.25, -0.2) is 13.1 Å². The van der Waals surface area contributed by atoms with Crippen LogP contribution >= 0.6 is 0 Å². The van der Waals surface area contributed by atoms with Gasteiger partial charge in [-0.15, -0.1) is 0 Å². The van der Waals surface area contributed by atoms with E-state index in [-0.39, 0.29) is 16.8 Å². The number of hydrogen-bond donors (Lipinski definition) is 2. The predicted molar refractivity (Wildman–Crippen MR) is 77.0 cm³/mol. The average Bonchev–Trinajstić information content (AvgIpc) is 3.19. The van der Waals surface area contributed by atoms with Crippen molar-refractivity contribution >= 4 is 15.9 Å². The van der Waals surface area contributed by atoms with Crippen LogP contribution in [0.3, 0.4) is 0 Å². The molecule has 6 heteroatoms. The minimum atomic E-state index is -3.51. The smallest absolute Gasteiger partial charge is 0.251 e. The molecular weight excluding hydrogens is 276 g/mol. The molecule has 20 heavy (non-hydrogen) atoms. The Morgan fingerprint density at radius 3 is 2.65 bits per heavy atom. The maximum Gasteiger partial charge on any atom is 0.251 e. The molecule has 1 aromatic carbocycles. The summed E-state index contributed by atoms with van der Waals surface area (Å²) in [7, 11) is -3.51. The van der Waals surface area contributed by atoms with Gasteiger partial charge in [0.05, 0.1) is 4.90 Å². The Hall–Kier alpha value is -1.40. The number of amides is 1. The van der Waals surface area contributed by atoms with Gasteiger partial charge in [0.25, 0.3) is 5.91 Å². The highest BCUT2D eigenvalue weighted by molar-refractivity contribution is 7.89. The molecule has 110 valence electrons. The van der Waals surface area contributed by atoms with E-state index in [2.05, 4.69) is 10.0 Å². The van der Waals surface area contributed by atoms with E-state index in [1.807, 2.05) is 13.8 Å². The molecule has 2 rings (SSSR count). The van der Waals surface area contributed by atoms with Gasteiger partial charge < -0.3 is 5.32 Å². The van der Waals surface area contributed by atoms with Crippen molar-refractivity contribution in [3.05, 3.63) is 29.8 Å². The van der Waals surface area contributed by atoms with Gasteiger partial charge in [-0.05, 0) is 37.0 Å². The Morgan fingerprint density at radius 2 is 2.05 bits per heavy atom. The lowest BCUT2D eigenvalue weighted by molar-refractivity contribution is 0.0949. The molecule has 0 aliphatic heterocycles. The molecule has 0 saturated heterocycles. The van der Waals surface area contributed by atoms with Crippen LogP contribution < -0.4 is 10.0 Å². The van der Waals surface area contributed by atoms with E-state index < -0.39 is 10.0 Å². The number of rotatable bonds is 6. The first kappa shape index (κ1) is 15.0. The Labute approximate surface area is 119 Å². The molecule has 1 aromatic rings. The van der Waals surface area contributed by atoms with Crippen LogP contribution in [0.1, 0.15) is 37.0 Å². The predicted octanol–water partition coefficient (Wildman–Crippen LogP) is 1.51. The summed E-state index contributed by atoms with van der Waals surface area (Å²) in [5.74, 6) is 0.101. The first-order chi connectivity index (χ1) is 9.38. The Morgan fingerprint density at radius 1 is 1.35 bits per heavy atom. The average molecular weight is 296 g/mol. The van der Waals surface area contributed by atoms with Gasteiger partial charge >= 0.3 is 0 Å². The van der Waals surface area contributed by atoms with Crippen molar-refractivity contribution in [2.75, 3.05) is 6.54 Å². The van der Waals surface area contributed by atoms with Gasteiger partial charge in [0.2, 0.25) is 10.0 Å².